The molecule has 0 aromatic heterocycles. The second-order valence-corrected chi connectivity index (χ2v) is 6.70. The van der Waals surface area contributed by atoms with Crippen LogP contribution < -0.4 is 5.32 Å². The highest BCUT2D eigenvalue weighted by atomic mass is 16.4. The van der Waals surface area contributed by atoms with Gasteiger partial charge in [-0.2, -0.15) is 0 Å². The Morgan fingerprint density at radius 3 is 2.20 bits per heavy atom. The van der Waals surface area contributed by atoms with Crippen LogP contribution in [-0.2, 0) is 4.79 Å². The molecule has 2 unspecified atom stereocenters. The van der Waals surface area contributed by atoms with Gasteiger partial charge in [-0.1, -0.05) is 33.1 Å². The molecular weight excluding hydrogens is 256 g/mol. The van der Waals surface area contributed by atoms with Crippen LogP contribution in [-0.4, -0.2) is 40.6 Å². The van der Waals surface area contributed by atoms with Gasteiger partial charge < -0.3 is 15.3 Å². The van der Waals surface area contributed by atoms with Crippen LogP contribution in [0.25, 0.3) is 0 Å². The zero-order valence-electron chi connectivity index (χ0n) is 12.5. The number of nitrogens with one attached hydrogen (secondary N) is 1. The number of carbonyl (C=O) groups excluding carboxylic acids is 1. The molecule has 2 rings (SSSR count). The molecule has 2 amide bonds. The lowest BCUT2D eigenvalue weighted by Crippen LogP contribution is -2.54. The van der Waals surface area contributed by atoms with Crippen LogP contribution in [0.1, 0.15) is 52.4 Å². The van der Waals surface area contributed by atoms with E-state index in [9.17, 15) is 9.59 Å². The van der Waals surface area contributed by atoms with E-state index in [-0.39, 0.29) is 12.5 Å². The molecule has 5 heteroatoms. The molecule has 2 aliphatic rings. The first-order valence-electron chi connectivity index (χ1n) is 7.71. The molecule has 2 fully saturated rings. The molecule has 1 aliphatic carbocycles. The molecule has 0 radical (unpaired) electrons. The Hall–Kier alpha value is -1.26. The topological polar surface area (TPSA) is 69.6 Å². The van der Waals surface area contributed by atoms with Crippen LogP contribution in [0.4, 0.5) is 4.79 Å². The SMILES string of the molecule is CC1CN(C(=O)NC2(CC(=O)O)CCCCC2)CC1C. The number of nitrogens with zero attached hydrogens (tertiary/aromatic N) is 1. The molecule has 0 aromatic carbocycles. The smallest absolute Gasteiger partial charge is 0.317 e. The van der Waals surface area contributed by atoms with Crippen molar-refractivity contribution in [2.75, 3.05) is 13.1 Å². The first-order valence-corrected chi connectivity index (χ1v) is 7.71. The van der Waals surface area contributed by atoms with Crippen LogP contribution in [0.5, 0.6) is 0 Å². The van der Waals surface area contributed by atoms with E-state index in [2.05, 4.69) is 19.2 Å². The van der Waals surface area contributed by atoms with Gasteiger partial charge in [-0.05, 0) is 24.7 Å². The fourth-order valence-electron chi connectivity index (χ4n) is 3.47. The average Bonchev–Trinajstić information content (AvgIpc) is 2.69. The zero-order chi connectivity index (χ0) is 14.8. The number of urea groups is 1. The molecule has 1 heterocycles. The Bertz CT molecular complexity index is 367. The molecule has 0 aromatic rings. The number of amides is 2. The first-order chi connectivity index (χ1) is 9.42. The highest BCUT2D eigenvalue weighted by molar-refractivity contribution is 5.77. The van der Waals surface area contributed by atoms with Crippen molar-refractivity contribution in [2.24, 2.45) is 11.8 Å². The third-order valence-corrected chi connectivity index (χ3v) is 4.95. The summed E-state index contributed by atoms with van der Waals surface area (Å²) in [6.07, 6.45) is 4.74. The van der Waals surface area contributed by atoms with E-state index < -0.39 is 11.5 Å². The van der Waals surface area contributed by atoms with E-state index in [4.69, 9.17) is 5.11 Å². The fraction of sp³-hybridized carbons (Fsp3) is 0.867. The van der Waals surface area contributed by atoms with Crippen LogP contribution in [0.15, 0.2) is 0 Å². The molecule has 2 N–H and O–H groups in total. The van der Waals surface area contributed by atoms with Gasteiger partial charge in [0.1, 0.15) is 0 Å². The van der Waals surface area contributed by atoms with Gasteiger partial charge in [-0.25, -0.2) is 4.79 Å². The molecule has 5 nitrogen and oxygen atoms in total. The quantitative estimate of drug-likeness (QED) is 0.835. The molecule has 2 atom stereocenters. The lowest BCUT2D eigenvalue weighted by Gasteiger charge is -2.38. The molecule has 1 saturated heterocycles. The number of carboxylic acid groups (broad SMARTS) is 1. The van der Waals surface area contributed by atoms with Gasteiger partial charge in [0, 0.05) is 13.1 Å². The summed E-state index contributed by atoms with van der Waals surface area (Å²) >= 11 is 0. The Kier molecular flexibility index (Phi) is 4.55. The highest BCUT2D eigenvalue weighted by Crippen LogP contribution is 2.32. The van der Waals surface area contributed by atoms with Crippen molar-refractivity contribution in [3.05, 3.63) is 0 Å². The van der Waals surface area contributed by atoms with Crippen molar-refractivity contribution >= 4 is 12.0 Å². The van der Waals surface area contributed by atoms with E-state index in [0.717, 1.165) is 45.2 Å². The number of carbonyl (C=O) groups is 2. The molecule has 114 valence electrons. The predicted octanol–water partition coefficient (Wildman–Crippen LogP) is 2.46. The zero-order valence-corrected chi connectivity index (χ0v) is 12.5. The van der Waals surface area contributed by atoms with Crippen LogP contribution in [0.2, 0.25) is 0 Å². The van der Waals surface area contributed by atoms with Crippen molar-refractivity contribution in [2.45, 2.75) is 57.9 Å². The molecule has 1 aliphatic heterocycles. The van der Waals surface area contributed by atoms with Gasteiger partial charge in [-0.3, -0.25) is 4.79 Å². The number of hydrogen-bond donors (Lipinski definition) is 2. The van der Waals surface area contributed by atoms with Gasteiger partial charge in [0.05, 0.1) is 12.0 Å². The lowest BCUT2D eigenvalue weighted by atomic mass is 9.79. The maximum absolute atomic E-state index is 12.4. The Labute approximate surface area is 120 Å². The maximum atomic E-state index is 12.4. The van der Waals surface area contributed by atoms with Crippen molar-refractivity contribution in [1.29, 1.82) is 0 Å². The number of hydrogen-bond acceptors (Lipinski definition) is 2. The summed E-state index contributed by atoms with van der Waals surface area (Å²) in [6, 6.07) is -0.0793. The number of carboxylic acids is 1. The summed E-state index contributed by atoms with van der Waals surface area (Å²) in [4.78, 5) is 25.4. The summed E-state index contributed by atoms with van der Waals surface area (Å²) in [7, 11) is 0. The van der Waals surface area contributed by atoms with Gasteiger partial charge in [-0.15, -0.1) is 0 Å². The van der Waals surface area contributed by atoms with E-state index in [0.29, 0.717) is 11.8 Å². The summed E-state index contributed by atoms with van der Waals surface area (Å²) in [5.74, 6) is 0.209. The monoisotopic (exact) mass is 282 g/mol. The second kappa shape index (κ2) is 6.02. The minimum absolute atomic E-state index is 0.0394. The molecule has 0 spiro atoms. The minimum atomic E-state index is -0.824. The van der Waals surface area contributed by atoms with E-state index in [1.54, 1.807) is 0 Å². The van der Waals surface area contributed by atoms with Gasteiger partial charge in [0.15, 0.2) is 0 Å². The number of aliphatic carboxylic acids is 1. The molecular formula is C15H26N2O3. The standard InChI is InChI=1S/C15H26N2O3/c1-11-9-17(10-12(11)2)14(20)16-15(8-13(18)19)6-4-3-5-7-15/h11-12H,3-10H2,1-2H3,(H,16,20)(H,18,19). The lowest BCUT2D eigenvalue weighted by molar-refractivity contribution is -0.139. The molecule has 0 bridgehead atoms. The summed E-state index contributed by atoms with van der Waals surface area (Å²) in [5.41, 5.74) is -0.532. The Balaban J connectivity index is 2.00. The number of rotatable bonds is 3. The van der Waals surface area contributed by atoms with Gasteiger partial charge in [0.2, 0.25) is 0 Å². The van der Waals surface area contributed by atoms with E-state index in [1.165, 1.54) is 0 Å². The summed E-state index contributed by atoms with van der Waals surface area (Å²) in [6.45, 7) is 5.86. The fourth-order valence-corrected chi connectivity index (χ4v) is 3.47. The first kappa shape index (κ1) is 15.1. The molecule has 1 saturated carbocycles. The van der Waals surface area contributed by atoms with Crippen LogP contribution in [0.3, 0.4) is 0 Å². The van der Waals surface area contributed by atoms with Gasteiger partial charge >= 0.3 is 12.0 Å². The van der Waals surface area contributed by atoms with Crippen LogP contribution >= 0.6 is 0 Å². The second-order valence-electron chi connectivity index (χ2n) is 6.70. The Morgan fingerprint density at radius 2 is 1.70 bits per heavy atom. The Morgan fingerprint density at radius 1 is 1.15 bits per heavy atom. The average molecular weight is 282 g/mol. The third-order valence-electron chi connectivity index (χ3n) is 4.95. The minimum Gasteiger partial charge on any atom is -0.481 e. The van der Waals surface area contributed by atoms with Crippen molar-refractivity contribution in [3.63, 3.8) is 0 Å². The summed E-state index contributed by atoms with van der Waals surface area (Å²) in [5, 5.41) is 12.2. The van der Waals surface area contributed by atoms with Crippen molar-refractivity contribution in [3.8, 4) is 0 Å². The van der Waals surface area contributed by atoms with Crippen molar-refractivity contribution < 1.29 is 14.7 Å². The maximum Gasteiger partial charge on any atom is 0.317 e. The van der Waals surface area contributed by atoms with Crippen LogP contribution in [0, 0.1) is 11.8 Å². The third kappa shape index (κ3) is 3.44. The largest absolute Gasteiger partial charge is 0.481 e. The van der Waals surface area contributed by atoms with E-state index in [1.807, 2.05) is 4.90 Å². The predicted molar refractivity (Wildman–Crippen MR) is 76.5 cm³/mol. The van der Waals surface area contributed by atoms with Crippen molar-refractivity contribution in [1.82, 2.24) is 10.2 Å². The number of likely N-dealkylation sites (tertiary alicyclic amines) is 1. The highest BCUT2D eigenvalue weighted by Gasteiger charge is 2.38. The normalized spacial score (nSPS) is 29.2. The van der Waals surface area contributed by atoms with E-state index >= 15 is 0 Å². The van der Waals surface area contributed by atoms with Gasteiger partial charge in [0.25, 0.3) is 0 Å². The molecule has 20 heavy (non-hydrogen) atoms. The summed E-state index contributed by atoms with van der Waals surface area (Å²) < 4.78 is 0.